The quantitative estimate of drug-likeness (QED) is 0.865. The minimum Gasteiger partial charge on any atom is -0.481 e. The molecule has 2 rings (SSSR count). The highest BCUT2D eigenvalue weighted by molar-refractivity contribution is 5.72. The lowest BCUT2D eigenvalue weighted by Crippen LogP contribution is -2.04. The van der Waals surface area contributed by atoms with Crippen LogP contribution in [0.15, 0.2) is 42.5 Å². The molecule has 0 atom stereocenters. The Morgan fingerprint density at radius 3 is 2.19 bits per heavy atom. The number of carboxylic acid groups (broad SMARTS) is 1. The summed E-state index contributed by atoms with van der Waals surface area (Å²) >= 11 is 0. The number of rotatable bonds is 3. The molecule has 0 aliphatic carbocycles. The maximum Gasteiger partial charge on any atom is 0.416 e. The molecule has 21 heavy (non-hydrogen) atoms. The van der Waals surface area contributed by atoms with E-state index in [1.807, 2.05) is 0 Å². The van der Waals surface area contributed by atoms with Crippen LogP contribution in [0.2, 0.25) is 0 Å². The van der Waals surface area contributed by atoms with Crippen LogP contribution in [-0.4, -0.2) is 11.1 Å². The Balaban J connectivity index is 2.39. The lowest BCUT2D eigenvalue weighted by molar-refractivity contribution is -0.138. The van der Waals surface area contributed by atoms with Gasteiger partial charge in [0.15, 0.2) is 0 Å². The van der Waals surface area contributed by atoms with Gasteiger partial charge >= 0.3 is 12.1 Å². The molecular formula is C15H10F4O2. The van der Waals surface area contributed by atoms with Gasteiger partial charge in [0.25, 0.3) is 0 Å². The van der Waals surface area contributed by atoms with Crippen LogP contribution in [0.25, 0.3) is 11.1 Å². The molecule has 0 saturated heterocycles. The van der Waals surface area contributed by atoms with E-state index in [9.17, 15) is 22.4 Å². The van der Waals surface area contributed by atoms with Crippen molar-refractivity contribution >= 4 is 5.97 Å². The van der Waals surface area contributed by atoms with Gasteiger partial charge in [-0.15, -0.1) is 0 Å². The molecule has 0 aliphatic rings. The number of hydrogen-bond acceptors (Lipinski definition) is 1. The third kappa shape index (κ3) is 3.59. The van der Waals surface area contributed by atoms with E-state index in [1.54, 1.807) is 0 Å². The van der Waals surface area contributed by atoms with Gasteiger partial charge < -0.3 is 5.11 Å². The molecular weight excluding hydrogens is 288 g/mol. The number of carboxylic acids is 1. The minimum atomic E-state index is -4.46. The second kappa shape index (κ2) is 5.55. The van der Waals surface area contributed by atoms with Crippen LogP contribution in [0.1, 0.15) is 11.1 Å². The average Bonchev–Trinajstić information content (AvgIpc) is 2.39. The first-order chi connectivity index (χ1) is 9.77. The summed E-state index contributed by atoms with van der Waals surface area (Å²) in [6, 6.07) is 7.79. The number of hydrogen-bond donors (Lipinski definition) is 1. The number of aliphatic carboxylic acids is 1. The molecule has 1 N–H and O–H groups in total. The summed E-state index contributed by atoms with van der Waals surface area (Å²) in [6.07, 6.45) is -4.74. The van der Waals surface area contributed by atoms with Crippen LogP contribution in [0.5, 0.6) is 0 Å². The molecule has 0 radical (unpaired) electrons. The first-order valence-electron chi connectivity index (χ1n) is 5.95. The molecule has 0 amide bonds. The number of alkyl halides is 3. The van der Waals surface area contributed by atoms with E-state index in [4.69, 9.17) is 5.11 Å². The molecule has 0 heterocycles. The van der Waals surface area contributed by atoms with Crippen molar-refractivity contribution in [3.63, 3.8) is 0 Å². The topological polar surface area (TPSA) is 37.3 Å². The maximum absolute atomic E-state index is 13.8. The molecule has 110 valence electrons. The zero-order chi connectivity index (χ0) is 15.6. The lowest BCUT2D eigenvalue weighted by atomic mass is 10.00. The highest BCUT2D eigenvalue weighted by Gasteiger charge is 2.30. The van der Waals surface area contributed by atoms with Crippen molar-refractivity contribution in [3.05, 3.63) is 59.4 Å². The van der Waals surface area contributed by atoms with Crippen LogP contribution in [-0.2, 0) is 17.4 Å². The van der Waals surface area contributed by atoms with E-state index in [0.717, 1.165) is 30.3 Å². The van der Waals surface area contributed by atoms with E-state index < -0.39 is 23.5 Å². The third-order valence-corrected chi connectivity index (χ3v) is 2.91. The van der Waals surface area contributed by atoms with Crippen molar-refractivity contribution in [2.75, 3.05) is 0 Å². The second-order valence-corrected chi connectivity index (χ2v) is 4.46. The Bertz CT molecular complexity index is 660. The molecule has 2 aromatic carbocycles. The van der Waals surface area contributed by atoms with E-state index in [2.05, 4.69) is 0 Å². The Morgan fingerprint density at radius 2 is 1.67 bits per heavy atom. The van der Waals surface area contributed by atoms with Crippen molar-refractivity contribution in [1.82, 2.24) is 0 Å². The fraction of sp³-hybridized carbons (Fsp3) is 0.133. The predicted octanol–water partition coefficient (Wildman–Crippen LogP) is 4.14. The molecule has 0 aliphatic heterocycles. The first kappa shape index (κ1) is 15.0. The molecule has 0 unspecified atom stereocenters. The van der Waals surface area contributed by atoms with Crippen LogP contribution in [0.4, 0.5) is 17.6 Å². The van der Waals surface area contributed by atoms with E-state index in [-0.39, 0.29) is 17.5 Å². The Morgan fingerprint density at radius 1 is 1.05 bits per heavy atom. The fourth-order valence-corrected chi connectivity index (χ4v) is 1.92. The van der Waals surface area contributed by atoms with Crippen LogP contribution in [0.3, 0.4) is 0 Å². The first-order valence-corrected chi connectivity index (χ1v) is 5.95. The Kier molecular flexibility index (Phi) is 3.97. The van der Waals surface area contributed by atoms with Gasteiger partial charge in [0.1, 0.15) is 5.82 Å². The third-order valence-electron chi connectivity index (χ3n) is 2.91. The fourth-order valence-electron chi connectivity index (χ4n) is 1.92. The summed E-state index contributed by atoms with van der Waals surface area (Å²) in [5.74, 6) is -1.69. The highest BCUT2D eigenvalue weighted by Crippen LogP contribution is 2.31. The summed E-state index contributed by atoms with van der Waals surface area (Å²) in [5.41, 5.74) is -0.123. The SMILES string of the molecule is O=C(O)Cc1ccc(F)c(-c2ccc(C(F)(F)F)cc2)c1. The van der Waals surface area contributed by atoms with Crippen molar-refractivity contribution in [2.45, 2.75) is 12.6 Å². The van der Waals surface area contributed by atoms with E-state index in [1.165, 1.54) is 12.1 Å². The Labute approximate surface area is 117 Å². The minimum absolute atomic E-state index is 0.0717. The normalized spacial score (nSPS) is 11.4. The summed E-state index contributed by atoms with van der Waals surface area (Å²) < 4.78 is 51.2. The number of benzene rings is 2. The molecule has 6 heteroatoms. The van der Waals surface area contributed by atoms with E-state index >= 15 is 0 Å². The molecule has 0 spiro atoms. The molecule has 0 bridgehead atoms. The van der Waals surface area contributed by atoms with Gasteiger partial charge in [-0.2, -0.15) is 13.2 Å². The van der Waals surface area contributed by atoms with Gasteiger partial charge in [-0.25, -0.2) is 4.39 Å². The Hall–Kier alpha value is -2.37. The molecule has 0 fully saturated rings. The summed E-state index contributed by atoms with van der Waals surface area (Å²) in [5, 5.41) is 8.70. The average molecular weight is 298 g/mol. The van der Waals surface area contributed by atoms with Gasteiger partial charge in [-0.05, 0) is 35.4 Å². The van der Waals surface area contributed by atoms with Crippen LogP contribution < -0.4 is 0 Å². The molecule has 2 aromatic rings. The van der Waals surface area contributed by atoms with Gasteiger partial charge in [0, 0.05) is 5.56 Å². The van der Waals surface area contributed by atoms with Gasteiger partial charge in [-0.3, -0.25) is 4.79 Å². The van der Waals surface area contributed by atoms with E-state index in [0.29, 0.717) is 5.56 Å². The zero-order valence-corrected chi connectivity index (χ0v) is 10.6. The van der Waals surface area contributed by atoms with Crippen molar-refractivity contribution in [1.29, 1.82) is 0 Å². The monoisotopic (exact) mass is 298 g/mol. The summed E-state index contributed by atoms with van der Waals surface area (Å²) in [7, 11) is 0. The number of halogens is 4. The van der Waals surface area contributed by atoms with Gasteiger partial charge in [-0.1, -0.05) is 18.2 Å². The van der Waals surface area contributed by atoms with Crippen LogP contribution >= 0.6 is 0 Å². The van der Waals surface area contributed by atoms with Gasteiger partial charge in [0.2, 0.25) is 0 Å². The molecule has 0 aromatic heterocycles. The van der Waals surface area contributed by atoms with Crippen molar-refractivity contribution in [3.8, 4) is 11.1 Å². The lowest BCUT2D eigenvalue weighted by Gasteiger charge is -2.09. The molecule has 2 nitrogen and oxygen atoms in total. The maximum atomic E-state index is 13.8. The zero-order valence-electron chi connectivity index (χ0n) is 10.6. The van der Waals surface area contributed by atoms with Crippen molar-refractivity contribution in [2.24, 2.45) is 0 Å². The predicted molar refractivity (Wildman–Crippen MR) is 68.2 cm³/mol. The van der Waals surface area contributed by atoms with Crippen molar-refractivity contribution < 1.29 is 27.5 Å². The summed E-state index contributed by atoms with van der Waals surface area (Å²) in [4.78, 5) is 10.6. The standard InChI is InChI=1S/C15H10F4O2/c16-13-6-1-9(8-14(20)21)7-12(13)10-2-4-11(5-3-10)15(17,18)19/h1-7H,8H2,(H,20,21). The van der Waals surface area contributed by atoms with Gasteiger partial charge in [0.05, 0.1) is 12.0 Å². The second-order valence-electron chi connectivity index (χ2n) is 4.46. The van der Waals surface area contributed by atoms with Crippen LogP contribution in [0, 0.1) is 5.82 Å². The number of carbonyl (C=O) groups is 1. The smallest absolute Gasteiger partial charge is 0.416 e. The molecule has 0 saturated carbocycles. The highest BCUT2D eigenvalue weighted by atomic mass is 19.4. The summed E-state index contributed by atoms with van der Waals surface area (Å²) in [6.45, 7) is 0. The largest absolute Gasteiger partial charge is 0.481 e.